The second kappa shape index (κ2) is 6.93. The van der Waals surface area contributed by atoms with E-state index in [2.05, 4.69) is 0 Å². The zero-order chi connectivity index (χ0) is 18.0. The molecule has 25 heavy (non-hydrogen) atoms. The van der Waals surface area contributed by atoms with Crippen LogP contribution in [0.25, 0.3) is 0 Å². The maximum absolute atomic E-state index is 12.7. The SMILES string of the molecule is COc1cc(OC)c2c(c1)O[C@@H](c1cc(OC)ccc1OC)CC2=O. The molecule has 2 aromatic carbocycles. The summed E-state index contributed by atoms with van der Waals surface area (Å²) < 4.78 is 27.4. The molecule has 0 saturated heterocycles. The molecule has 0 N–H and O–H groups in total. The average Bonchev–Trinajstić information content (AvgIpc) is 2.66. The van der Waals surface area contributed by atoms with Crippen LogP contribution in [0.3, 0.4) is 0 Å². The van der Waals surface area contributed by atoms with Gasteiger partial charge in [-0.15, -0.1) is 0 Å². The van der Waals surface area contributed by atoms with Gasteiger partial charge in [-0.1, -0.05) is 0 Å². The van der Waals surface area contributed by atoms with Crippen LogP contribution in [0.1, 0.15) is 28.4 Å². The third kappa shape index (κ3) is 3.07. The van der Waals surface area contributed by atoms with Crippen molar-refractivity contribution in [2.24, 2.45) is 0 Å². The van der Waals surface area contributed by atoms with Crippen molar-refractivity contribution in [3.05, 3.63) is 41.5 Å². The van der Waals surface area contributed by atoms with Gasteiger partial charge in [-0.2, -0.15) is 0 Å². The number of carbonyl (C=O) groups excluding carboxylic acids is 1. The van der Waals surface area contributed by atoms with Gasteiger partial charge in [0.15, 0.2) is 5.78 Å². The van der Waals surface area contributed by atoms with Crippen LogP contribution in [0.15, 0.2) is 30.3 Å². The summed E-state index contributed by atoms with van der Waals surface area (Å²) in [5, 5.41) is 0. The van der Waals surface area contributed by atoms with E-state index in [1.165, 1.54) is 7.11 Å². The highest BCUT2D eigenvalue weighted by Crippen LogP contribution is 2.44. The van der Waals surface area contributed by atoms with Crippen molar-refractivity contribution in [2.75, 3.05) is 28.4 Å². The fraction of sp³-hybridized carbons (Fsp3) is 0.316. The van der Waals surface area contributed by atoms with E-state index in [1.54, 1.807) is 45.6 Å². The first kappa shape index (κ1) is 17.0. The third-order valence-electron chi connectivity index (χ3n) is 4.20. The summed E-state index contributed by atoms with van der Waals surface area (Å²) in [6.07, 6.45) is -0.305. The molecule has 0 aromatic heterocycles. The lowest BCUT2D eigenvalue weighted by Crippen LogP contribution is -2.21. The zero-order valence-corrected chi connectivity index (χ0v) is 14.6. The molecule has 0 unspecified atom stereocenters. The van der Waals surface area contributed by atoms with E-state index < -0.39 is 6.10 Å². The summed E-state index contributed by atoms with van der Waals surface area (Å²) in [7, 11) is 6.23. The molecular weight excluding hydrogens is 324 g/mol. The number of hydrogen-bond donors (Lipinski definition) is 0. The van der Waals surface area contributed by atoms with Crippen molar-refractivity contribution in [1.29, 1.82) is 0 Å². The first-order chi connectivity index (χ1) is 12.1. The number of ether oxygens (including phenoxy) is 5. The van der Waals surface area contributed by atoms with E-state index in [9.17, 15) is 4.79 Å². The molecule has 2 aromatic rings. The van der Waals surface area contributed by atoms with E-state index in [1.807, 2.05) is 6.07 Å². The van der Waals surface area contributed by atoms with Crippen molar-refractivity contribution in [3.63, 3.8) is 0 Å². The smallest absolute Gasteiger partial charge is 0.174 e. The van der Waals surface area contributed by atoms with Gasteiger partial charge in [0.05, 0.1) is 34.9 Å². The maximum atomic E-state index is 12.7. The van der Waals surface area contributed by atoms with Gasteiger partial charge in [0.1, 0.15) is 40.4 Å². The predicted molar refractivity (Wildman–Crippen MR) is 91.4 cm³/mol. The Morgan fingerprint density at radius 3 is 2.24 bits per heavy atom. The Labute approximate surface area is 146 Å². The highest BCUT2D eigenvalue weighted by atomic mass is 16.5. The number of hydrogen-bond acceptors (Lipinski definition) is 6. The van der Waals surface area contributed by atoms with Crippen LogP contribution in [0.5, 0.6) is 28.7 Å². The fourth-order valence-corrected chi connectivity index (χ4v) is 2.94. The standard InChI is InChI=1S/C19H20O6/c1-21-11-5-6-15(23-3)13(7-11)16-10-14(20)19-17(24-4)8-12(22-2)9-18(19)25-16/h5-9,16H,10H2,1-4H3/t16-/m1/s1. The minimum atomic E-state index is -0.484. The lowest BCUT2D eigenvalue weighted by molar-refractivity contribution is 0.0840. The number of benzene rings is 2. The Kier molecular flexibility index (Phi) is 4.70. The Balaban J connectivity index is 2.06. The Morgan fingerprint density at radius 1 is 0.880 bits per heavy atom. The second-order valence-corrected chi connectivity index (χ2v) is 5.54. The molecule has 0 bridgehead atoms. The minimum absolute atomic E-state index is 0.0596. The largest absolute Gasteiger partial charge is 0.497 e. The number of methoxy groups -OCH3 is 4. The highest BCUT2D eigenvalue weighted by molar-refractivity contribution is 6.03. The molecule has 132 valence electrons. The van der Waals surface area contributed by atoms with Crippen molar-refractivity contribution < 1.29 is 28.5 Å². The average molecular weight is 344 g/mol. The number of Topliss-reactive ketones (excluding diaryl/α,β-unsaturated/α-hetero) is 1. The van der Waals surface area contributed by atoms with Crippen LogP contribution in [0, 0.1) is 0 Å². The number of carbonyl (C=O) groups is 1. The van der Waals surface area contributed by atoms with Crippen molar-refractivity contribution in [2.45, 2.75) is 12.5 Å². The molecule has 0 saturated carbocycles. The Bertz CT molecular complexity index is 799. The Hall–Kier alpha value is -2.89. The third-order valence-corrected chi connectivity index (χ3v) is 4.20. The van der Waals surface area contributed by atoms with Gasteiger partial charge in [0.2, 0.25) is 0 Å². The summed E-state index contributed by atoms with van der Waals surface area (Å²) in [5.74, 6) is 2.67. The van der Waals surface area contributed by atoms with Crippen LogP contribution >= 0.6 is 0 Å². The summed E-state index contributed by atoms with van der Waals surface area (Å²) in [6.45, 7) is 0. The normalized spacial score (nSPS) is 15.8. The molecule has 0 fully saturated rings. The molecule has 3 rings (SSSR count). The van der Waals surface area contributed by atoms with Crippen LogP contribution in [0.2, 0.25) is 0 Å². The molecule has 0 amide bonds. The summed E-state index contributed by atoms with van der Waals surface area (Å²) >= 11 is 0. The molecule has 1 atom stereocenters. The number of rotatable bonds is 5. The van der Waals surface area contributed by atoms with Gasteiger partial charge < -0.3 is 23.7 Å². The molecule has 0 aliphatic carbocycles. The molecule has 1 aliphatic rings. The van der Waals surface area contributed by atoms with Crippen LogP contribution < -0.4 is 23.7 Å². The molecule has 6 nitrogen and oxygen atoms in total. The van der Waals surface area contributed by atoms with E-state index >= 15 is 0 Å². The maximum Gasteiger partial charge on any atom is 0.174 e. The van der Waals surface area contributed by atoms with Gasteiger partial charge in [-0.3, -0.25) is 4.79 Å². The first-order valence-corrected chi connectivity index (χ1v) is 7.79. The quantitative estimate of drug-likeness (QED) is 0.828. The van der Waals surface area contributed by atoms with E-state index in [-0.39, 0.29) is 12.2 Å². The van der Waals surface area contributed by atoms with E-state index in [0.717, 1.165) is 5.56 Å². The monoisotopic (exact) mass is 344 g/mol. The van der Waals surface area contributed by atoms with Gasteiger partial charge in [-0.05, 0) is 18.2 Å². The molecule has 1 aliphatic heterocycles. The fourth-order valence-electron chi connectivity index (χ4n) is 2.94. The number of ketones is 1. The predicted octanol–water partition coefficient (Wildman–Crippen LogP) is 3.43. The second-order valence-electron chi connectivity index (χ2n) is 5.54. The lowest BCUT2D eigenvalue weighted by atomic mass is 9.94. The Morgan fingerprint density at radius 2 is 1.60 bits per heavy atom. The van der Waals surface area contributed by atoms with Crippen LogP contribution in [-0.4, -0.2) is 34.2 Å². The summed E-state index contributed by atoms with van der Waals surface area (Å²) in [6, 6.07) is 8.77. The van der Waals surface area contributed by atoms with Gasteiger partial charge in [0.25, 0.3) is 0 Å². The molecule has 0 spiro atoms. The van der Waals surface area contributed by atoms with Crippen molar-refractivity contribution >= 4 is 5.78 Å². The van der Waals surface area contributed by atoms with Gasteiger partial charge in [0, 0.05) is 17.7 Å². The van der Waals surface area contributed by atoms with Crippen molar-refractivity contribution in [1.82, 2.24) is 0 Å². The highest BCUT2D eigenvalue weighted by Gasteiger charge is 2.33. The van der Waals surface area contributed by atoms with Crippen molar-refractivity contribution in [3.8, 4) is 28.7 Å². The topological polar surface area (TPSA) is 63.2 Å². The first-order valence-electron chi connectivity index (χ1n) is 7.79. The summed E-state index contributed by atoms with van der Waals surface area (Å²) in [5.41, 5.74) is 1.18. The summed E-state index contributed by atoms with van der Waals surface area (Å²) in [4.78, 5) is 12.7. The molecule has 6 heteroatoms. The van der Waals surface area contributed by atoms with E-state index in [4.69, 9.17) is 23.7 Å². The van der Waals surface area contributed by atoms with E-state index in [0.29, 0.717) is 34.3 Å². The minimum Gasteiger partial charge on any atom is -0.497 e. The van der Waals surface area contributed by atoms with Gasteiger partial charge in [-0.25, -0.2) is 0 Å². The molecule has 1 heterocycles. The molecular formula is C19H20O6. The number of fused-ring (bicyclic) bond motifs is 1. The van der Waals surface area contributed by atoms with Crippen LogP contribution in [-0.2, 0) is 0 Å². The molecule has 0 radical (unpaired) electrons. The zero-order valence-electron chi connectivity index (χ0n) is 14.6. The lowest BCUT2D eigenvalue weighted by Gasteiger charge is -2.28. The van der Waals surface area contributed by atoms with Gasteiger partial charge >= 0.3 is 0 Å². The van der Waals surface area contributed by atoms with Crippen LogP contribution in [0.4, 0.5) is 0 Å².